The van der Waals surface area contributed by atoms with Gasteiger partial charge in [-0.25, -0.2) is 15.0 Å². The number of aromatic nitrogens is 3. The molecule has 1 heterocycles. The average molecular weight is 754 g/mol. The lowest BCUT2D eigenvalue weighted by atomic mass is 9.82. The Labute approximate surface area is 344 Å². The Balaban J connectivity index is 1.06. The minimum Gasteiger partial charge on any atom is -0.208 e. The lowest BCUT2D eigenvalue weighted by Crippen LogP contribution is -2.14. The van der Waals surface area contributed by atoms with Crippen molar-refractivity contribution < 1.29 is 0 Å². The van der Waals surface area contributed by atoms with Crippen LogP contribution in [-0.4, -0.2) is 15.0 Å². The van der Waals surface area contributed by atoms with Crippen molar-refractivity contribution >= 4 is 21.5 Å². The van der Waals surface area contributed by atoms with Gasteiger partial charge >= 0.3 is 0 Å². The zero-order valence-electron chi connectivity index (χ0n) is 32.9. The first-order valence-electron chi connectivity index (χ1n) is 20.3. The van der Waals surface area contributed by atoms with Gasteiger partial charge in [0.15, 0.2) is 17.5 Å². The molecule has 0 N–H and O–H groups in total. The van der Waals surface area contributed by atoms with E-state index in [9.17, 15) is 0 Å². The van der Waals surface area contributed by atoms with E-state index >= 15 is 0 Å². The van der Waals surface area contributed by atoms with Gasteiger partial charge in [0.2, 0.25) is 0 Å². The van der Waals surface area contributed by atoms with E-state index in [0.29, 0.717) is 17.5 Å². The van der Waals surface area contributed by atoms with E-state index in [1.165, 1.54) is 54.9 Å². The van der Waals surface area contributed by atoms with Gasteiger partial charge in [-0.05, 0) is 89.3 Å². The molecule has 3 nitrogen and oxygen atoms in total. The van der Waals surface area contributed by atoms with Gasteiger partial charge in [-0.15, -0.1) is 0 Å². The molecular weight excluding hydrogens is 715 g/mol. The Morgan fingerprint density at radius 1 is 0.288 bits per heavy atom. The summed E-state index contributed by atoms with van der Waals surface area (Å²) in [5, 5.41) is 4.88. The van der Waals surface area contributed by atoms with E-state index in [1.54, 1.807) is 0 Å². The fourth-order valence-electron chi connectivity index (χ4n) is 9.14. The van der Waals surface area contributed by atoms with Gasteiger partial charge in [0.05, 0.1) is 0 Å². The van der Waals surface area contributed by atoms with Crippen molar-refractivity contribution in [3.8, 4) is 78.7 Å². The van der Waals surface area contributed by atoms with Gasteiger partial charge in [-0.1, -0.05) is 202 Å². The summed E-state index contributed by atoms with van der Waals surface area (Å²) in [5.74, 6) is 1.92. The molecule has 0 spiro atoms. The first-order chi connectivity index (χ1) is 29.0. The maximum atomic E-state index is 5.30. The number of benzene rings is 9. The molecule has 0 atom stereocenters. The second kappa shape index (κ2) is 13.9. The van der Waals surface area contributed by atoms with E-state index in [-0.39, 0.29) is 5.41 Å². The highest BCUT2D eigenvalue weighted by molar-refractivity contribution is 6.00. The molecule has 1 aliphatic rings. The average Bonchev–Trinajstić information content (AvgIpc) is 3.53. The van der Waals surface area contributed by atoms with Crippen molar-refractivity contribution in [2.45, 2.75) is 19.3 Å². The van der Waals surface area contributed by atoms with Crippen molar-refractivity contribution in [1.29, 1.82) is 0 Å². The minimum absolute atomic E-state index is 0.0925. The smallest absolute Gasteiger partial charge is 0.164 e. The summed E-state index contributed by atoms with van der Waals surface area (Å²) < 4.78 is 0. The van der Waals surface area contributed by atoms with Crippen LogP contribution in [0.1, 0.15) is 25.0 Å². The fraction of sp³-hybridized carbons (Fsp3) is 0.0536. The summed E-state index contributed by atoms with van der Waals surface area (Å²) in [6, 6.07) is 71.5. The second-order valence-electron chi connectivity index (χ2n) is 16.0. The molecule has 0 fully saturated rings. The highest BCUT2D eigenvalue weighted by Gasteiger charge is 2.35. The zero-order valence-corrected chi connectivity index (χ0v) is 32.9. The van der Waals surface area contributed by atoms with Gasteiger partial charge in [0.25, 0.3) is 0 Å². The van der Waals surface area contributed by atoms with E-state index in [2.05, 4.69) is 214 Å². The summed E-state index contributed by atoms with van der Waals surface area (Å²) >= 11 is 0. The topological polar surface area (TPSA) is 38.7 Å². The van der Waals surface area contributed by atoms with Gasteiger partial charge in [-0.2, -0.15) is 0 Å². The third-order valence-electron chi connectivity index (χ3n) is 12.2. The van der Waals surface area contributed by atoms with Gasteiger partial charge in [0, 0.05) is 22.1 Å². The number of nitrogens with zero attached hydrogens (tertiary/aromatic N) is 3. The molecular formula is C56H39N3. The summed E-state index contributed by atoms with van der Waals surface area (Å²) in [5.41, 5.74) is 14.8. The SMILES string of the molecule is CC1(C)c2ccccc2-c2cc(-c3nc(-c4cccc(-c5ccc(-c6cccc7ccccc67)cc5)c4)nc(-c4ccccc4-c4cccc5ccccc45)n3)ccc21. The summed E-state index contributed by atoms with van der Waals surface area (Å²) in [7, 11) is 0. The third kappa shape index (κ3) is 5.94. The first-order valence-corrected chi connectivity index (χ1v) is 20.3. The molecule has 9 aromatic carbocycles. The monoisotopic (exact) mass is 753 g/mol. The van der Waals surface area contributed by atoms with Crippen LogP contribution >= 0.6 is 0 Å². The van der Waals surface area contributed by atoms with Crippen LogP contribution in [0.25, 0.3) is 100 Å². The largest absolute Gasteiger partial charge is 0.208 e. The van der Waals surface area contributed by atoms with Crippen LogP contribution in [-0.2, 0) is 5.41 Å². The normalized spacial score (nSPS) is 12.7. The number of hydrogen-bond acceptors (Lipinski definition) is 3. The molecule has 0 bridgehead atoms. The molecule has 1 aliphatic carbocycles. The van der Waals surface area contributed by atoms with Crippen molar-refractivity contribution in [1.82, 2.24) is 15.0 Å². The molecule has 0 aliphatic heterocycles. The van der Waals surface area contributed by atoms with Crippen molar-refractivity contribution in [2.24, 2.45) is 0 Å². The molecule has 11 rings (SSSR count). The van der Waals surface area contributed by atoms with Crippen LogP contribution < -0.4 is 0 Å². The Morgan fingerprint density at radius 2 is 0.763 bits per heavy atom. The molecule has 59 heavy (non-hydrogen) atoms. The fourth-order valence-corrected chi connectivity index (χ4v) is 9.14. The first kappa shape index (κ1) is 34.7. The zero-order chi connectivity index (χ0) is 39.5. The quantitative estimate of drug-likeness (QED) is 0.170. The van der Waals surface area contributed by atoms with E-state index in [4.69, 9.17) is 15.0 Å². The molecule has 3 heteroatoms. The van der Waals surface area contributed by atoms with Gasteiger partial charge < -0.3 is 0 Å². The molecule has 278 valence electrons. The Bertz CT molecular complexity index is 3240. The highest BCUT2D eigenvalue weighted by Crippen LogP contribution is 2.49. The number of fused-ring (bicyclic) bond motifs is 5. The lowest BCUT2D eigenvalue weighted by molar-refractivity contribution is 0.660. The van der Waals surface area contributed by atoms with Crippen LogP contribution in [0.5, 0.6) is 0 Å². The number of hydrogen-bond donors (Lipinski definition) is 0. The van der Waals surface area contributed by atoms with E-state index < -0.39 is 0 Å². The van der Waals surface area contributed by atoms with Crippen LogP contribution in [0.3, 0.4) is 0 Å². The van der Waals surface area contributed by atoms with Crippen LogP contribution in [0.4, 0.5) is 0 Å². The van der Waals surface area contributed by atoms with Crippen molar-refractivity contribution in [2.75, 3.05) is 0 Å². The maximum Gasteiger partial charge on any atom is 0.164 e. The second-order valence-corrected chi connectivity index (χ2v) is 16.0. The molecule has 0 amide bonds. The highest BCUT2D eigenvalue weighted by atomic mass is 15.0. The molecule has 1 aromatic heterocycles. The molecule has 0 saturated heterocycles. The summed E-state index contributed by atoms with van der Waals surface area (Å²) in [6.45, 7) is 4.62. The predicted octanol–water partition coefficient (Wildman–Crippen LogP) is 14.5. The van der Waals surface area contributed by atoms with E-state index in [1.807, 2.05) is 0 Å². The van der Waals surface area contributed by atoms with Crippen LogP contribution in [0.2, 0.25) is 0 Å². The van der Waals surface area contributed by atoms with Crippen molar-refractivity contribution in [3.05, 3.63) is 211 Å². The van der Waals surface area contributed by atoms with Crippen LogP contribution in [0.15, 0.2) is 200 Å². The van der Waals surface area contributed by atoms with E-state index in [0.717, 1.165) is 38.9 Å². The van der Waals surface area contributed by atoms with Gasteiger partial charge in [-0.3, -0.25) is 0 Å². The molecule has 0 radical (unpaired) electrons. The van der Waals surface area contributed by atoms with Crippen LogP contribution in [0, 0.1) is 0 Å². The third-order valence-corrected chi connectivity index (χ3v) is 12.2. The minimum atomic E-state index is -0.0925. The maximum absolute atomic E-state index is 5.30. The lowest BCUT2D eigenvalue weighted by Gasteiger charge is -2.21. The Kier molecular flexibility index (Phi) is 8.16. The Morgan fingerprint density at radius 3 is 1.51 bits per heavy atom. The van der Waals surface area contributed by atoms with Gasteiger partial charge in [0.1, 0.15) is 0 Å². The molecule has 10 aromatic rings. The number of rotatable bonds is 6. The van der Waals surface area contributed by atoms with Crippen molar-refractivity contribution in [3.63, 3.8) is 0 Å². The molecule has 0 saturated carbocycles. The predicted molar refractivity (Wildman–Crippen MR) is 245 cm³/mol. The Hall–Kier alpha value is -7.49. The summed E-state index contributed by atoms with van der Waals surface area (Å²) in [4.78, 5) is 15.9. The standard InChI is InChI=1S/C56H39N3/c1-56(2)51-27-10-9-23-48(51)50-35-42(32-33-52(50)56)54-57-53(58-55(59-54)49-24-8-7-22-47(49)46-26-13-17-38-15-4-6-21-45(38)46)41-19-11-18-40(34-41)36-28-30-39(31-29-36)44-25-12-16-37-14-3-5-20-43(37)44/h3-35H,1-2H3. The molecule has 0 unspecified atom stereocenters. The summed E-state index contributed by atoms with van der Waals surface area (Å²) in [6.07, 6.45) is 0.